The average molecular weight is 120 g/mol. The van der Waals surface area contributed by atoms with Gasteiger partial charge in [0.25, 0.3) is 0 Å². The van der Waals surface area contributed by atoms with Crippen molar-refractivity contribution in [3.05, 3.63) is 6.42 Å². The molecule has 7 heavy (non-hydrogen) atoms. The van der Waals surface area contributed by atoms with Crippen LogP contribution in [-0.2, 0) is 0 Å². The Bertz CT molecular complexity index is 42.1. The summed E-state index contributed by atoms with van der Waals surface area (Å²) >= 11 is 5.56. The van der Waals surface area contributed by atoms with Gasteiger partial charge in [0.05, 0.1) is 0 Å². The first kappa shape index (κ1) is 7.29. The predicted molar refractivity (Wildman–Crippen MR) is 34.5 cm³/mol. The van der Waals surface area contributed by atoms with Crippen LogP contribution in [0.4, 0.5) is 0 Å². The van der Waals surface area contributed by atoms with Crippen LogP contribution in [0.5, 0.6) is 0 Å². The molecule has 0 amide bonds. The van der Waals surface area contributed by atoms with Crippen LogP contribution in [0.25, 0.3) is 0 Å². The third-order valence-corrected chi connectivity index (χ3v) is 1.81. The monoisotopic (exact) mass is 119 g/mol. The Morgan fingerprint density at radius 1 is 1.57 bits per heavy atom. The first-order chi connectivity index (χ1) is 3.12. The van der Waals surface area contributed by atoms with Gasteiger partial charge in [0, 0.05) is 5.88 Å². The molecule has 0 bridgehead atoms. The van der Waals surface area contributed by atoms with E-state index >= 15 is 0 Å². The van der Waals surface area contributed by atoms with E-state index in [2.05, 4.69) is 20.3 Å². The van der Waals surface area contributed by atoms with Crippen LogP contribution >= 0.6 is 11.6 Å². The van der Waals surface area contributed by atoms with Gasteiger partial charge >= 0.3 is 0 Å². The number of halogens is 1. The van der Waals surface area contributed by atoms with Crippen molar-refractivity contribution in [1.82, 2.24) is 0 Å². The van der Waals surface area contributed by atoms with E-state index in [1.807, 2.05) is 6.92 Å². The van der Waals surface area contributed by atoms with Crippen LogP contribution in [0.1, 0.15) is 20.8 Å². The molecule has 0 aliphatic rings. The van der Waals surface area contributed by atoms with E-state index < -0.39 is 0 Å². The van der Waals surface area contributed by atoms with Gasteiger partial charge < -0.3 is 0 Å². The molecule has 0 atom stereocenters. The highest BCUT2D eigenvalue weighted by atomic mass is 35.5. The lowest BCUT2D eigenvalue weighted by Crippen LogP contribution is -2.11. The molecule has 0 unspecified atom stereocenters. The predicted octanol–water partition coefficient (Wildman–Crippen LogP) is 2.48. The summed E-state index contributed by atoms with van der Waals surface area (Å²) in [4.78, 5) is 0. The van der Waals surface area contributed by atoms with Crippen LogP contribution in [0.15, 0.2) is 0 Å². The number of rotatable bonds is 2. The van der Waals surface area contributed by atoms with E-state index in [4.69, 9.17) is 11.6 Å². The quantitative estimate of drug-likeness (QED) is 0.490. The Balaban J connectivity index is 3.36. The normalized spacial score (nSPS) is 12.0. The Morgan fingerprint density at radius 2 is 2.00 bits per heavy atom. The standard InChI is InChI=1S/C6H12Cl/c1-4-6(2,3)5-7/h4H,5H2,1-3H3. The highest BCUT2D eigenvalue weighted by Gasteiger charge is 2.11. The Morgan fingerprint density at radius 3 is 2.00 bits per heavy atom. The molecule has 0 aliphatic heterocycles. The molecule has 43 valence electrons. The lowest BCUT2D eigenvalue weighted by molar-refractivity contribution is 0.504. The summed E-state index contributed by atoms with van der Waals surface area (Å²) in [6.45, 7) is 6.25. The van der Waals surface area contributed by atoms with Crippen molar-refractivity contribution in [2.75, 3.05) is 5.88 Å². The molecule has 0 fully saturated rings. The molecule has 1 heteroatoms. The van der Waals surface area contributed by atoms with Gasteiger partial charge in [-0.2, -0.15) is 0 Å². The first-order valence-corrected chi connectivity index (χ1v) is 3.02. The van der Waals surface area contributed by atoms with Gasteiger partial charge in [-0.3, -0.25) is 0 Å². The van der Waals surface area contributed by atoms with Gasteiger partial charge in [0.2, 0.25) is 0 Å². The fourth-order valence-electron chi connectivity index (χ4n) is 0.0772. The molecule has 0 saturated heterocycles. The third-order valence-electron chi connectivity index (χ3n) is 1.13. The van der Waals surface area contributed by atoms with Gasteiger partial charge in [-0.05, 0) is 11.8 Å². The minimum atomic E-state index is 0.224. The number of hydrogen-bond acceptors (Lipinski definition) is 0. The van der Waals surface area contributed by atoms with Gasteiger partial charge in [-0.15, -0.1) is 11.6 Å². The van der Waals surface area contributed by atoms with E-state index in [0.29, 0.717) is 5.88 Å². The fraction of sp³-hybridized carbons (Fsp3) is 0.833. The summed E-state index contributed by atoms with van der Waals surface area (Å²) in [6.07, 6.45) is 2.11. The van der Waals surface area contributed by atoms with Crippen LogP contribution in [0.2, 0.25) is 0 Å². The van der Waals surface area contributed by atoms with Crippen LogP contribution in [0, 0.1) is 11.8 Å². The first-order valence-electron chi connectivity index (χ1n) is 2.49. The van der Waals surface area contributed by atoms with Crippen molar-refractivity contribution in [3.8, 4) is 0 Å². The van der Waals surface area contributed by atoms with Crippen molar-refractivity contribution in [2.24, 2.45) is 5.41 Å². The molecule has 0 aromatic heterocycles. The van der Waals surface area contributed by atoms with Crippen molar-refractivity contribution in [1.29, 1.82) is 0 Å². The Labute approximate surface area is 50.9 Å². The fourth-order valence-corrected chi connectivity index (χ4v) is 0.231. The molecule has 0 rings (SSSR count). The van der Waals surface area contributed by atoms with Gasteiger partial charge in [-0.25, -0.2) is 0 Å². The summed E-state index contributed by atoms with van der Waals surface area (Å²) in [5.41, 5.74) is 0.224. The zero-order valence-electron chi connectivity index (χ0n) is 5.16. The van der Waals surface area contributed by atoms with E-state index in [-0.39, 0.29) is 5.41 Å². The third kappa shape index (κ3) is 2.93. The second-order valence-corrected chi connectivity index (χ2v) is 2.68. The molecule has 0 heterocycles. The topological polar surface area (TPSA) is 0 Å². The van der Waals surface area contributed by atoms with Gasteiger partial charge in [0.15, 0.2) is 0 Å². The maximum absolute atomic E-state index is 5.56. The maximum Gasteiger partial charge on any atom is 0.0277 e. The molecule has 0 N–H and O–H groups in total. The molecule has 0 nitrogen and oxygen atoms in total. The molecule has 0 aliphatic carbocycles. The lowest BCUT2D eigenvalue weighted by atomic mass is 9.93. The van der Waals surface area contributed by atoms with E-state index in [1.165, 1.54) is 0 Å². The van der Waals surface area contributed by atoms with Crippen molar-refractivity contribution < 1.29 is 0 Å². The zero-order valence-corrected chi connectivity index (χ0v) is 5.92. The zero-order chi connectivity index (χ0) is 5.91. The number of alkyl halides is 1. The Hall–Kier alpha value is 0.290. The summed E-state index contributed by atoms with van der Waals surface area (Å²) in [5, 5.41) is 0. The minimum Gasteiger partial charge on any atom is -0.126 e. The molecular formula is C6H12Cl. The highest BCUT2D eigenvalue weighted by molar-refractivity contribution is 6.18. The van der Waals surface area contributed by atoms with E-state index in [9.17, 15) is 0 Å². The molecule has 0 spiro atoms. The van der Waals surface area contributed by atoms with E-state index in [0.717, 1.165) is 0 Å². The summed E-state index contributed by atoms with van der Waals surface area (Å²) in [5.74, 6) is 0.712. The summed E-state index contributed by atoms with van der Waals surface area (Å²) in [6, 6.07) is 0. The molecule has 0 aromatic carbocycles. The van der Waals surface area contributed by atoms with Crippen LogP contribution in [0.3, 0.4) is 0 Å². The van der Waals surface area contributed by atoms with Crippen LogP contribution < -0.4 is 0 Å². The van der Waals surface area contributed by atoms with Crippen LogP contribution in [-0.4, -0.2) is 5.88 Å². The SMILES string of the molecule is C[CH]C(C)(C)CCl. The van der Waals surface area contributed by atoms with Crippen molar-refractivity contribution in [3.63, 3.8) is 0 Å². The van der Waals surface area contributed by atoms with Gasteiger partial charge in [0.1, 0.15) is 0 Å². The van der Waals surface area contributed by atoms with Gasteiger partial charge in [-0.1, -0.05) is 20.8 Å². The molecule has 0 saturated carbocycles. The second-order valence-electron chi connectivity index (χ2n) is 2.41. The average Bonchev–Trinajstić information content (AvgIpc) is 1.68. The van der Waals surface area contributed by atoms with E-state index in [1.54, 1.807) is 0 Å². The Kier molecular flexibility index (Phi) is 2.67. The molecule has 1 radical (unpaired) electrons. The highest BCUT2D eigenvalue weighted by Crippen LogP contribution is 2.19. The second kappa shape index (κ2) is 2.56. The largest absolute Gasteiger partial charge is 0.126 e. The summed E-state index contributed by atoms with van der Waals surface area (Å²) in [7, 11) is 0. The lowest BCUT2D eigenvalue weighted by Gasteiger charge is -2.16. The smallest absolute Gasteiger partial charge is 0.0277 e. The molecule has 0 aromatic rings. The maximum atomic E-state index is 5.56. The summed E-state index contributed by atoms with van der Waals surface area (Å²) < 4.78 is 0. The van der Waals surface area contributed by atoms with Crippen molar-refractivity contribution in [2.45, 2.75) is 20.8 Å². The number of hydrogen-bond donors (Lipinski definition) is 0. The van der Waals surface area contributed by atoms with Crippen molar-refractivity contribution >= 4 is 11.6 Å². The minimum absolute atomic E-state index is 0.224. The molecular weight excluding hydrogens is 108 g/mol.